The second-order valence-electron chi connectivity index (χ2n) is 8.53. The Hall–Kier alpha value is -2.61. The van der Waals surface area contributed by atoms with E-state index in [1.165, 1.54) is 24.7 Å². The predicted molar refractivity (Wildman–Crippen MR) is 104 cm³/mol. The molecule has 1 amide bonds. The minimum absolute atomic E-state index is 0.229. The van der Waals surface area contributed by atoms with Gasteiger partial charge in [-0.05, 0) is 49.5 Å². The molecular formula is C21H25N5O3. The van der Waals surface area contributed by atoms with Crippen molar-refractivity contribution in [3.63, 3.8) is 0 Å². The van der Waals surface area contributed by atoms with Crippen molar-refractivity contribution in [3.8, 4) is 11.5 Å². The maximum Gasteiger partial charge on any atom is 0.231 e. The van der Waals surface area contributed by atoms with Crippen LogP contribution in [-0.2, 0) is 11.3 Å². The maximum atomic E-state index is 13.2. The van der Waals surface area contributed by atoms with E-state index in [2.05, 4.69) is 32.0 Å². The number of ether oxygens (including phenoxy) is 2. The van der Waals surface area contributed by atoms with Crippen LogP contribution in [0.2, 0.25) is 0 Å². The third kappa shape index (κ3) is 2.80. The van der Waals surface area contributed by atoms with Crippen molar-refractivity contribution >= 4 is 5.91 Å². The van der Waals surface area contributed by atoms with E-state index in [4.69, 9.17) is 9.47 Å². The third-order valence-electron chi connectivity index (χ3n) is 7.16. The van der Waals surface area contributed by atoms with Gasteiger partial charge in [0.05, 0.1) is 12.6 Å². The van der Waals surface area contributed by atoms with Crippen molar-refractivity contribution in [1.29, 1.82) is 0 Å². The molecule has 152 valence electrons. The van der Waals surface area contributed by atoms with E-state index in [0.717, 1.165) is 31.1 Å². The number of nitrogens with zero attached hydrogens (tertiary/aromatic N) is 5. The van der Waals surface area contributed by atoms with E-state index >= 15 is 0 Å². The Balaban J connectivity index is 1.28. The first kappa shape index (κ1) is 17.3. The topological polar surface area (TPSA) is 72.7 Å². The van der Waals surface area contributed by atoms with Crippen LogP contribution in [0.15, 0.2) is 30.9 Å². The van der Waals surface area contributed by atoms with E-state index in [1.54, 1.807) is 11.0 Å². The van der Waals surface area contributed by atoms with Gasteiger partial charge in [-0.15, -0.1) is 0 Å². The van der Waals surface area contributed by atoms with Gasteiger partial charge in [0.15, 0.2) is 11.5 Å². The fourth-order valence-electron chi connectivity index (χ4n) is 5.84. The number of rotatable bonds is 4. The van der Waals surface area contributed by atoms with E-state index in [-0.39, 0.29) is 12.7 Å². The average Bonchev–Trinajstić information content (AvgIpc) is 3.52. The number of fused-ring (bicyclic) bond motifs is 3. The summed E-state index contributed by atoms with van der Waals surface area (Å²) in [7, 11) is 0. The Kier molecular flexibility index (Phi) is 4.00. The van der Waals surface area contributed by atoms with E-state index in [1.807, 2.05) is 6.07 Å². The Labute approximate surface area is 169 Å². The number of amides is 1. The van der Waals surface area contributed by atoms with Crippen LogP contribution in [0.3, 0.4) is 0 Å². The quantitative estimate of drug-likeness (QED) is 0.781. The summed E-state index contributed by atoms with van der Waals surface area (Å²) in [4.78, 5) is 22.0. The lowest BCUT2D eigenvalue weighted by atomic mass is 9.75. The number of likely N-dealkylation sites (tertiary alicyclic amines) is 1. The first-order chi connectivity index (χ1) is 14.3. The lowest BCUT2D eigenvalue weighted by Crippen LogP contribution is -2.60. The van der Waals surface area contributed by atoms with E-state index in [9.17, 15) is 4.79 Å². The summed E-state index contributed by atoms with van der Waals surface area (Å²) in [6, 6.07) is 7.01. The molecule has 8 heteroatoms. The van der Waals surface area contributed by atoms with Crippen LogP contribution in [0.1, 0.15) is 30.7 Å². The van der Waals surface area contributed by atoms with Crippen LogP contribution < -0.4 is 9.47 Å². The Morgan fingerprint density at radius 1 is 1.14 bits per heavy atom. The monoisotopic (exact) mass is 395 g/mol. The van der Waals surface area contributed by atoms with Crippen LogP contribution in [0, 0.1) is 5.92 Å². The number of hydrogen-bond donors (Lipinski definition) is 0. The SMILES string of the molecule is O=C(CCn1cncn1)N1C[C@@H](c2ccc3c(c2)OCO3)[C@@H]2[C@H]1C1CCN2CC1. The Bertz CT molecular complexity index is 909. The van der Waals surface area contributed by atoms with Crippen LogP contribution >= 0.6 is 0 Å². The lowest BCUT2D eigenvalue weighted by Gasteiger charge is -2.51. The highest BCUT2D eigenvalue weighted by atomic mass is 16.7. The second kappa shape index (κ2) is 6.73. The van der Waals surface area contributed by atoms with E-state index in [0.29, 0.717) is 36.9 Å². The average molecular weight is 395 g/mol. The molecule has 4 saturated heterocycles. The van der Waals surface area contributed by atoms with Gasteiger partial charge in [0, 0.05) is 24.9 Å². The minimum Gasteiger partial charge on any atom is -0.454 e. The van der Waals surface area contributed by atoms with Gasteiger partial charge in [0.25, 0.3) is 0 Å². The molecule has 7 rings (SSSR count). The van der Waals surface area contributed by atoms with Crippen LogP contribution in [0.5, 0.6) is 11.5 Å². The molecule has 0 N–H and O–H groups in total. The molecule has 2 bridgehead atoms. The number of aryl methyl sites for hydroxylation is 1. The first-order valence-electron chi connectivity index (χ1n) is 10.5. The zero-order valence-corrected chi connectivity index (χ0v) is 16.3. The molecule has 4 fully saturated rings. The van der Waals surface area contributed by atoms with Gasteiger partial charge in [-0.2, -0.15) is 5.10 Å². The van der Waals surface area contributed by atoms with Gasteiger partial charge in [0.2, 0.25) is 12.7 Å². The van der Waals surface area contributed by atoms with Crippen molar-refractivity contribution < 1.29 is 14.3 Å². The maximum absolute atomic E-state index is 13.2. The number of benzene rings is 1. The highest BCUT2D eigenvalue weighted by Crippen LogP contribution is 2.48. The molecule has 1 aromatic carbocycles. The summed E-state index contributed by atoms with van der Waals surface area (Å²) in [5.74, 6) is 2.79. The number of carbonyl (C=O) groups excluding carboxylic acids is 1. The van der Waals surface area contributed by atoms with Crippen molar-refractivity contribution in [3.05, 3.63) is 36.4 Å². The van der Waals surface area contributed by atoms with Crippen LogP contribution in [-0.4, -0.2) is 69.0 Å². The molecule has 0 aliphatic carbocycles. The lowest BCUT2D eigenvalue weighted by molar-refractivity contribution is -0.136. The highest BCUT2D eigenvalue weighted by molar-refractivity contribution is 5.77. The smallest absolute Gasteiger partial charge is 0.231 e. The van der Waals surface area contributed by atoms with Gasteiger partial charge in [-0.3, -0.25) is 14.4 Å². The standard InChI is InChI=1S/C21H25N5O3/c27-19(5-8-25-12-22-11-23-25)26-10-16(15-1-2-17-18(9-15)29-13-28-17)21-20(26)14-3-6-24(21)7-4-14/h1-2,9,11-12,14,16,20-21H,3-8,10,13H2/t16-,20+,21+/m0/s1. The molecule has 5 aliphatic heterocycles. The number of hydrogen-bond acceptors (Lipinski definition) is 6. The third-order valence-corrected chi connectivity index (χ3v) is 7.16. The van der Waals surface area contributed by atoms with Crippen LogP contribution in [0.4, 0.5) is 0 Å². The molecule has 0 saturated carbocycles. The zero-order chi connectivity index (χ0) is 19.4. The van der Waals surface area contributed by atoms with E-state index < -0.39 is 0 Å². The van der Waals surface area contributed by atoms with Gasteiger partial charge in [0.1, 0.15) is 12.7 Å². The molecule has 2 aromatic rings. The summed E-state index contributed by atoms with van der Waals surface area (Å²) >= 11 is 0. The molecule has 5 aliphatic rings. The summed E-state index contributed by atoms with van der Waals surface area (Å²) in [5.41, 5.74) is 1.25. The van der Waals surface area contributed by atoms with Crippen molar-refractivity contribution in [2.24, 2.45) is 5.92 Å². The fourth-order valence-corrected chi connectivity index (χ4v) is 5.84. The van der Waals surface area contributed by atoms with Gasteiger partial charge < -0.3 is 14.4 Å². The highest BCUT2D eigenvalue weighted by Gasteiger charge is 2.54. The number of piperidine rings is 3. The van der Waals surface area contributed by atoms with Crippen molar-refractivity contribution in [2.75, 3.05) is 26.4 Å². The minimum atomic E-state index is 0.229. The fraction of sp³-hybridized carbons (Fsp3) is 0.571. The first-order valence-corrected chi connectivity index (χ1v) is 10.5. The van der Waals surface area contributed by atoms with Crippen LogP contribution in [0.25, 0.3) is 0 Å². The zero-order valence-electron chi connectivity index (χ0n) is 16.3. The summed E-state index contributed by atoms with van der Waals surface area (Å²) < 4.78 is 12.8. The Morgan fingerprint density at radius 2 is 2.00 bits per heavy atom. The number of carbonyl (C=O) groups is 1. The summed E-state index contributed by atoms with van der Waals surface area (Å²) in [6.45, 7) is 3.94. The molecule has 3 atom stereocenters. The Morgan fingerprint density at radius 3 is 2.83 bits per heavy atom. The van der Waals surface area contributed by atoms with Gasteiger partial charge >= 0.3 is 0 Å². The predicted octanol–water partition coefficient (Wildman–Crippen LogP) is 1.49. The van der Waals surface area contributed by atoms with Gasteiger partial charge in [-0.25, -0.2) is 4.98 Å². The van der Waals surface area contributed by atoms with Gasteiger partial charge in [-0.1, -0.05) is 6.07 Å². The summed E-state index contributed by atoms with van der Waals surface area (Å²) in [6.07, 6.45) is 6.04. The molecule has 0 spiro atoms. The van der Waals surface area contributed by atoms with Crippen molar-refractivity contribution in [2.45, 2.75) is 43.8 Å². The molecule has 29 heavy (non-hydrogen) atoms. The largest absolute Gasteiger partial charge is 0.454 e. The summed E-state index contributed by atoms with van der Waals surface area (Å²) in [5, 5.41) is 4.13. The molecular weight excluding hydrogens is 370 g/mol. The molecule has 0 unspecified atom stereocenters. The molecule has 0 radical (unpaired) electrons. The molecule has 8 nitrogen and oxygen atoms in total. The van der Waals surface area contributed by atoms with Crippen molar-refractivity contribution in [1.82, 2.24) is 24.6 Å². The molecule has 1 aromatic heterocycles. The number of aromatic nitrogens is 3. The normalized spacial score (nSPS) is 31.9. The second-order valence-corrected chi connectivity index (χ2v) is 8.53. The molecule has 6 heterocycles.